The van der Waals surface area contributed by atoms with Gasteiger partial charge in [0.05, 0.1) is 10.6 Å². The Morgan fingerprint density at radius 2 is 1.83 bits per heavy atom. The number of hydrogen-bond donors (Lipinski definition) is 1. The van der Waals surface area contributed by atoms with Crippen molar-refractivity contribution in [2.75, 3.05) is 18.6 Å². The molecule has 0 saturated heterocycles. The molecule has 0 atom stereocenters. The van der Waals surface area contributed by atoms with Crippen LogP contribution in [0.3, 0.4) is 0 Å². The molecule has 0 aliphatic rings. The fourth-order valence-corrected chi connectivity index (χ4v) is 1.89. The van der Waals surface area contributed by atoms with Gasteiger partial charge >= 0.3 is 0 Å². The van der Waals surface area contributed by atoms with Crippen molar-refractivity contribution in [2.24, 2.45) is 0 Å². The number of anilines is 1. The molecule has 0 aliphatic carbocycles. The van der Waals surface area contributed by atoms with E-state index in [1.54, 1.807) is 31.3 Å². The van der Waals surface area contributed by atoms with Crippen LogP contribution in [0.2, 0.25) is 0 Å². The maximum atomic E-state index is 11.2. The summed E-state index contributed by atoms with van der Waals surface area (Å²) < 4.78 is 22.3. The summed E-state index contributed by atoms with van der Waals surface area (Å²) in [4.78, 5) is 0.340. The van der Waals surface area contributed by atoms with E-state index in [0.29, 0.717) is 10.6 Å². The monoisotopic (exact) mass is 185 g/mol. The second-order valence-corrected chi connectivity index (χ2v) is 4.50. The van der Waals surface area contributed by atoms with Gasteiger partial charge in [0.1, 0.15) is 0 Å². The lowest BCUT2D eigenvalue weighted by molar-refractivity contribution is 0.602. The van der Waals surface area contributed by atoms with Crippen LogP contribution in [0, 0.1) is 0 Å². The molecule has 0 aromatic heterocycles. The van der Waals surface area contributed by atoms with E-state index in [4.69, 9.17) is 0 Å². The second-order valence-electron chi connectivity index (χ2n) is 2.52. The van der Waals surface area contributed by atoms with Crippen LogP contribution in [0.25, 0.3) is 0 Å². The van der Waals surface area contributed by atoms with Crippen LogP contribution in [0.5, 0.6) is 0 Å². The molecule has 0 radical (unpaired) electrons. The molecule has 1 N–H and O–H groups in total. The topological polar surface area (TPSA) is 46.2 Å². The third-order valence-electron chi connectivity index (χ3n) is 1.56. The molecule has 3 nitrogen and oxygen atoms in total. The summed E-state index contributed by atoms with van der Waals surface area (Å²) >= 11 is 0. The van der Waals surface area contributed by atoms with Crippen molar-refractivity contribution in [2.45, 2.75) is 4.90 Å². The maximum Gasteiger partial charge on any atom is 0.177 e. The number of rotatable bonds is 2. The minimum atomic E-state index is -3.11. The summed E-state index contributed by atoms with van der Waals surface area (Å²) in [6.07, 6.45) is 1.20. The summed E-state index contributed by atoms with van der Waals surface area (Å²) in [6, 6.07) is 6.81. The summed E-state index contributed by atoms with van der Waals surface area (Å²) in [5.74, 6) is 0. The number of para-hydroxylation sites is 1. The van der Waals surface area contributed by atoms with E-state index in [-0.39, 0.29) is 0 Å². The van der Waals surface area contributed by atoms with Crippen LogP contribution in [0.15, 0.2) is 29.2 Å². The van der Waals surface area contributed by atoms with Crippen molar-refractivity contribution in [3.8, 4) is 0 Å². The Balaban J connectivity index is 3.33. The van der Waals surface area contributed by atoms with Gasteiger partial charge in [-0.3, -0.25) is 0 Å². The molecule has 1 rings (SSSR count). The highest BCUT2D eigenvalue weighted by atomic mass is 32.2. The Kier molecular flexibility index (Phi) is 2.38. The lowest BCUT2D eigenvalue weighted by Gasteiger charge is -2.05. The SMILES string of the molecule is CNc1ccccc1S(C)(=O)=O. The highest BCUT2D eigenvalue weighted by molar-refractivity contribution is 7.90. The predicted molar refractivity (Wildman–Crippen MR) is 49.1 cm³/mol. The van der Waals surface area contributed by atoms with E-state index in [9.17, 15) is 8.42 Å². The molecule has 66 valence electrons. The summed E-state index contributed by atoms with van der Waals surface area (Å²) in [6.45, 7) is 0. The van der Waals surface area contributed by atoms with Crippen molar-refractivity contribution in [1.82, 2.24) is 0 Å². The quantitative estimate of drug-likeness (QED) is 0.751. The van der Waals surface area contributed by atoms with Gasteiger partial charge in [-0.2, -0.15) is 0 Å². The van der Waals surface area contributed by atoms with E-state index in [1.807, 2.05) is 0 Å². The van der Waals surface area contributed by atoms with Gasteiger partial charge in [-0.05, 0) is 12.1 Å². The van der Waals surface area contributed by atoms with E-state index < -0.39 is 9.84 Å². The first-order valence-electron chi connectivity index (χ1n) is 3.52. The zero-order chi connectivity index (χ0) is 9.19. The van der Waals surface area contributed by atoms with Gasteiger partial charge in [0.2, 0.25) is 0 Å². The third kappa shape index (κ3) is 1.76. The molecule has 1 aromatic rings. The zero-order valence-corrected chi connectivity index (χ0v) is 7.85. The summed E-state index contributed by atoms with van der Waals surface area (Å²) in [5, 5.41) is 2.82. The van der Waals surface area contributed by atoms with Crippen LogP contribution >= 0.6 is 0 Å². The Bertz CT molecular complexity index is 370. The zero-order valence-electron chi connectivity index (χ0n) is 7.03. The van der Waals surface area contributed by atoms with Crippen molar-refractivity contribution in [1.29, 1.82) is 0 Å². The fourth-order valence-electron chi connectivity index (χ4n) is 0.997. The number of nitrogens with one attached hydrogen (secondary N) is 1. The van der Waals surface area contributed by atoms with E-state index in [2.05, 4.69) is 5.32 Å². The smallest absolute Gasteiger partial charge is 0.177 e. The average molecular weight is 185 g/mol. The Hall–Kier alpha value is -1.03. The van der Waals surface area contributed by atoms with E-state index in [0.717, 1.165) is 0 Å². The molecule has 0 aliphatic heterocycles. The normalized spacial score (nSPS) is 11.2. The van der Waals surface area contributed by atoms with Gasteiger partial charge in [0.25, 0.3) is 0 Å². The Labute approximate surface area is 72.3 Å². The van der Waals surface area contributed by atoms with E-state index >= 15 is 0 Å². The van der Waals surface area contributed by atoms with Crippen LogP contribution in [-0.2, 0) is 9.84 Å². The van der Waals surface area contributed by atoms with Gasteiger partial charge in [-0.1, -0.05) is 12.1 Å². The molecule has 0 saturated carbocycles. The average Bonchev–Trinajstić information content (AvgIpc) is 2.03. The molecular formula is C8H11NO2S. The fraction of sp³-hybridized carbons (Fsp3) is 0.250. The Morgan fingerprint density at radius 3 is 2.25 bits per heavy atom. The van der Waals surface area contributed by atoms with Crippen molar-refractivity contribution >= 4 is 15.5 Å². The van der Waals surface area contributed by atoms with E-state index in [1.165, 1.54) is 6.26 Å². The first kappa shape index (κ1) is 9.06. The third-order valence-corrected chi connectivity index (χ3v) is 2.71. The van der Waals surface area contributed by atoms with Crippen LogP contribution in [-0.4, -0.2) is 21.7 Å². The first-order chi connectivity index (χ1) is 5.55. The molecule has 0 spiro atoms. The largest absolute Gasteiger partial charge is 0.387 e. The van der Waals surface area contributed by atoms with Crippen molar-refractivity contribution < 1.29 is 8.42 Å². The molecule has 0 amide bonds. The number of sulfone groups is 1. The molecule has 0 unspecified atom stereocenters. The molecule has 0 fully saturated rings. The minimum Gasteiger partial charge on any atom is -0.387 e. The van der Waals surface area contributed by atoms with Crippen molar-refractivity contribution in [3.05, 3.63) is 24.3 Å². The summed E-state index contributed by atoms with van der Waals surface area (Å²) in [5.41, 5.74) is 0.639. The molecular weight excluding hydrogens is 174 g/mol. The summed E-state index contributed by atoms with van der Waals surface area (Å²) in [7, 11) is -1.41. The molecule has 0 heterocycles. The molecule has 12 heavy (non-hydrogen) atoms. The lowest BCUT2D eigenvalue weighted by Crippen LogP contribution is -2.01. The van der Waals surface area contributed by atoms with Gasteiger partial charge in [0, 0.05) is 13.3 Å². The highest BCUT2D eigenvalue weighted by Gasteiger charge is 2.10. The van der Waals surface area contributed by atoms with Gasteiger partial charge in [-0.15, -0.1) is 0 Å². The van der Waals surface area contributed by atoms with Gasteiger partial charge in [0.15, 0.2) is 9.84 Å². The first-order valence-corrected chi connectivity index (χ1v) is 5.41. The van der Waals surface area contributed by atoms with Crippen molar-refractivity contribution in [3.63, 3.8) is 0 Å². The highest BCUT2D eigenvalue weighted by Crippen LogP contribution is 2.19. The van der Waals surface area contributed by atoms with Crippen LogP contribution in [0.1, 0.15) is 0 Å². The number of hydrogen-bond acceptors (Lipinski definition) is 3. The second kappa shape index (κ2) is 3.15. The molecule has 1 aromatic carbocycles. The molecule has 4 heteroatoms. The lowest BCUT2D eigenvalue weighted by atomic mass is 10.3. The Morgan fingerprint density at radius 1 is 1.25 bits per heavy atom. The standard InChI is InChI=1S/C8H11NO2S/c1-9-7-5-3-4-6-8(7)12(2,10)11/h3-6,9H,1-2H3. The van der Waals surface area contributed by atoms with Crippen LogP contribution in [0.4, 0.5) is 5.69 Å². The number of benzene rings is 1. The van der Waals surface area contributed by atoms with Gasteiger partial charge in [-0.25, -0.2) is 8.42 Å². The molecule has 0 bridgehead atoms. The van der Waals surface area contributed by atoms with Crippen LogP contribution < -0.4 is 5.32 Å². The minimum absolute atomic E-state index is 0.340. The maximum absolute atomic E-state index is 11.2. The van der Waals surface area contributed by atoms with Gasteiger partial charge < -0.3 is 5.32 Å². The predicted octanol–water partition coefficient (Wildman–Crippen LogP) is 1.13.